The molecule has 0 saturated heterocycles. The normalized spacial score (nSPS) is 24.6. The molecule has 20 heavy (non-hydrogen) atoms. The molecule has 4 heteroatoms. The molecular formula is C16H22O4. The van der Waals surface area contributed by atoms with Crippen molar-refractivity contribution in [3.63, 3.8) is 0 Å². The van der Waals surface area contributed by atoms with Crippen molar-refractivity contribution in [1.82, 2.24) is 0 Å². The topological polar surface area (TPSA) is 66.8 Å². The summed E-state index contributed by atoms with van der Waals surface area (Å²) in [7, 11) is 0. The number of ether oxygens (including phenoxy) is 1. The number of hydrogen-bond donors (Lipinski definition) is 2. The Hall–Kier alpha value is -1.55. The molecule has 1 aromatic rings. The highest BCUT2D eigenvalue weighted by molar-refractivity contribution is 5.76. The van der Waals surface area contributed by atoms with Gasteiger partial charge < -0.3 is 14.9 Å². The molecule has 0 fully saturated rings. The minimum atomic E-state index is -1.07. The molecule has 0 amide bonds. The van der Waals surface area contributed by atoms with Crippen molar-refractivity contribution in [3.05, 3.63) is 29.8 Å². The van der Waals surface area contributed by atoms with Crippen molar-refractivity contribution in [3.8, 4) is 5.75 Å². The van der Waals surface area contributed by atoms with Crippen LogP contribution in [-0.4, -0.2) is 28.4 Å². The third kappa shape index (κ3) is 2.66. The van der Waals surface area contributed by atoms with Crippen molar-refractivity contribution >= 4 is 5.97 Å². The first-order chi connectivity index (χ1) is 9.27. The summed E-state index contributed by atoms with van der Waals surface area (Å²) in [5.41, 5.74) is -1.21. The van der Waals surface area contributed by atoms with Crippen LogP contribution in [0.2, 0.25) is 0 Å². The van der Waals surface area contributed by atoms with Crippen molar-refractivity contribution in [2.24, 2.45) is 11.3 Å². The smallest absolute Gasteiger partial charge is 0.313 e. The number of para-hydroxylation sites is 1. The van der Waals surface area contributed by atoms with Gasteiger partial charge in [-0.25, -0.2) is 0 Å². The average Bonchev–Trinajstić information content (AvgIpc) is 2.37. The molecule has 0 radical (unpaired) electrons. The van der Waals surface area contributed by atoms with E-state index in [1.165, 1.54) is 0 Å². The summed E-state index contributed by atoms with van der Waals surface area (Å²) in [4.78, 5) is 11.8. The van der Waals surface area contributed by atoms with Gasteiger partial charge in [0.05, 0.1) is 5.60 Å². The lowest BCUT2D eigenvalue weighted by Crippen LogP contribution is -2.49. The molecule has 0 bridgehead atoms. The first-order valence-electron chi connectivity index (χ1n) is 6.93. The SMILES string of the molecule is CC(C)C(C)(O)CC1(C(=O)O)COc2ccccc2C1. The molecule has 2 rings (SSSR count). The molecule has 2 N–H and O–H groups in total. The van der Waals surface area contributed by atoms with Crippen LogP contribution in [-0.2, 0) is 11.2 Å². The molecule has 1 aromatic carbocycles. The molecule has 0 aliphatic carbocycles. The predicted molar refractivity (Wildman–Crippen MR) is 75.8 cm³/mol. The number of benzene rings is 1. The van der Waals surface area contributed by atoms with Crippen LogP contribution in [0.3, 0.4) is 0 Å². The number of rotatable bonds is 4. The van der Waals surface area contributed by atoms with Gasteiger partial charge in [-0.1, -0.05) is 32.0 Å². The van der Waals surface area contributed by atoms with Crippen LogP contribution < -0.4 is 4.74 Å². The molecular weight excluding hydrogens is 256 g/mol. The molecule has 1 heterocycles. The second-order valence-electron chi connectivity index (χ2n) is 6.35. The monoisotopic (exact) mass is 278 g/mol. The lowest BCUT2D eigenvalue weighted by Gasteiger charge is -2.40. The fourth-order valence-electron chi connectivity index (χ4n) is 2.64. The Balaban J connectivity index is 2.32. The van der Waals surface area contributed by atoms with Crippen LogP contribution in [0.4, 0.5) is 0 Å². The van der Waals surface area contributed by atoms with Gasteiger partial charge in [0.2, 0.25) is 0 Å². The van der Waals surface area contributed by atoms with E-state index < -0.39 is 17.0 Å². The summed E-state index contributed by atoms with van der Waals surface area (Å²) in [6.45, 7) is 5.59. The van der Waals surface area contributed by atoms with Gasteiger partial charge in [-0.3, -0.25) is 4.79 Å². The number of aliphatic carboxylic acids is 1. The Morgan fingerprint density at radius 1 is 1.45 bits per heavy atom. The summed E-state index contributed by atoms with van der Waals surface area (Å²) in [5.74, 6) is -0.183. The molecule has 0 saturated carbocycles. The highest BCUT2D eigenvalue weighted by Gasteiger charge is 2.48. The summed E-state index contributed by atoms with van der Waals surface area (Å²) in [6, 6.07) is 7.48. The number of carbonyl (C=O) groups is 1. The fraction of sp³-hybridized carbons (Fsp3) is 0.562. The van der Waals surface area contributed by atoms with Crippen LogP contribution in [0, 0.1) is 11.3 Å². The van der Waals surface area contributed by atoms with E-state index in [0.29, 0.717) is 6.42 Å². The molecule has 1 aliphatic rings. The zero-order chi connectivity index (χ0) is 15.0. The second-order valence-corrected chi connectivity index (χ2v) is 6.35. The maximum atomic E-state index is 11.8. The quantitative estimate of drug-likeness (QED) is 0.888. The molecule has 2 atom stereocenters. The van der Waals surface area contributed by atoms with Gasteiger partial charge >= 0.3 is 5.97 Å². The first-order valence-corrected chi connectivity index (χ1v) is 6.93. The van der Waals surface area contributed by atoms with Crippen LogP contribution >= 0.6 is 0 Å². The maximum Gasteiger partial charge on any atom is 0.313 e. The van der Waals surface area contributed by atoms with Crippen molar-refractivity contribution in [2.45, 2.75) is 39.2 Å². The minimum Gasteiger partial charge on any atom is -0.492 e. The Morgan fingerprint density at radius 2 is 2.10 bits per heavy atom. The number of aliphatic hydroxyl groups is 1. The summed E-state index contributed by atoms with van der Waals surface area (Å²) in [5, 5.41) is 20.2. The highest BCUT2D eigenvalue weighted by Crippen LogP contribution is 2.41. The molecule has 4 nitrogen and oxygen atoms in total. The zero-order valence-electron chi connectivity index (χ0n) is 12.2. The lowest BCUT2D eigenvalue weighted by molar-refractivity contribution is -0.158. The standard InChI is InChI=1S/C16H22O4/c1-11(2)15(3,19)9-16(14(17)18)8-12-6-4-5-7-13(12)20-10-16/h4-7,11,19H,8-10H2,1-3H3,(H,17,18). The summed E-state index contributed by atoms with van der Waals surface area (Å²) in [6.07, 6.45) is 0.572. The number of carboxylic acid groups (broad SMARTS) is 1. The molecule has 1 aliphatic heterocycles. The molecule has 110 valence electrons. The van der Waals surface area contributed by atoms with E-state index in [0.717, 1.165) is 11.3 Å². The summed E-state index contributed by atoms with van der Waals surface area (Å²) >= 11 is 0. The van der Waals surface area contributed by atoms with Gasteiger partial charge in [-0.15, -0.1) is 0 Å². The van der Waals surface area contributed by atoms with E-state index in [9.17, 15) is 15.0 Å². The lowest BCUT2D eigenvalue weighted by atomic mass is 9.70. The zero-order valence-corrected chi connectivity index (χ0v) is 12.2. The van der Waals surface area contributed by atoms with Crippen LogP contribution in [0.25, 0.3) is 0 Å². The van der Waals surface area contributed by atoms with Gasteiger partial charge in [0.15, 0.2) is 0 Å². The van der Waals surface area contributed by atoms with Gasteiger partial charge in [-0.2, -0.15) is 0 Å². The largest absolute Gasteiger partial charge is 0.492 e. The van der Waals surface area contributed by atoms with Crippen LogP contribution in [0.15, 0.2) is 24.3 Å². The van der Waals surface area contributed by atoms with Gasteiger partial charge in [0.25, 0.3) is 0 Å². The van der Waals surface area contributed by atoms with E-state index in [-0.39, 0.29) is 18.9 Å². The van der Waals surface area contributed by atoms with E-state index in [1.54, 1.807) is 6.92 Å². The number of carboxylic acids is 1. The van der Waals surface area contributed by atoms with E-state index in [4.69, 9.17) is 4.74 Å². The van der Waals surface area contributed by atoms with Crippen molar-refractivity contribution in [1.29, 1.82) is 0 Å². The Labute approximate surface area is 119 Å². The van der Waals surface area contributed by atoms with Crippen molar-refractivity contribution in [2.75, 3.05) is 6.61 Å². The van der Waals surface area contributed by atoms with E-state index in [2.05, 4.69) is 0 Å². The first kappa shape index (κ1) is 14.9. The Kier molecular flexibility index (Phi) is 3.78. The molecule has 2 unspecified atom stereocenters. The van der Waals surface area contributed by atoms with E-state index >= 15 is 0 Å². The predicted octanol–water partition coefficient (Wildman–Crippen LogP) is 2.49. The third-order valence-electron chi connectivity index (χ3n) is 4.40. The summed E-state index contributed by atoms with van der Waals surface area (Å²) < 4.78 is 5.63. The number of fused-ring (bicyclic) bond motifs is 1. The van der Waals surface area contributed by atoms with Gasteiger partial charge in [-0.05, 0) is 37.3 Å². The number of hydrogen-bond acceptors (Lipinski definition) is 3. The van der Waals surface area contributed by atoms with Gasteiger partial charge in [0, 0.05) is 0 Å². The maximum absolute atomic E-state index is 11.8. The fourth-order valence-corrected chi connectivity index (χ4v) is 2.64. The Bertz CT molecular complexity index is 507. The average molecular weight is 278 g/mol. The molecule has 0 spiro atoms. The highest BCUT2D eigenvalue weighted by atomic mass is 16.5. The van der Waals surface area contributed by atoms with E-state index in [1.807, 2.05) is 38.1 Å². The van der Waals surface area contributed by atoms with Gasteiger partial charge in [0.1, 0.15) is 17.8 Å². The minimum absolute atomic E-state index is 0.0177. The molecule has 0 aromatic heterocycles. The van der Waals surface area contributed by atoms with Crippen LogP contribution in [0.5, 0.6) is 5.75 Å². The third-order valence-corrected chi connectivity index (χ3v) is 4.40. The second kappa shape index (κ2) is 5.09. The van der Waals surface area contributed by atoms with Crippen LogP contribution in [0.1, 0.15) is 32.8 Å². The Morgan fingerprint density at radius 3 is 2.70 bits per heavy atom. The van der Waals surface area contributed by atoms with Crippen molar-refractivity contribution < 1.29 is 19.7 Å².